The summed E-state index contributed by atoms with van der Waals surface area (Å²) in [6.45, 7) is 2.14. The molecule has 3 aromatic rings. The molecule has 4 rings (SSSR count). The number of hydrogen-bond acceptors (Lipinski definition) is 5. The average Bonchev–Trinajstić information content (AvgIpc) is 3.22. The zero-order valence-electron chi connectivity index (χ0n) is 13.2. The number of halogens is 1. The quantitative estimate of drug-likeness (QED) is 0.680. The molecule has 126 valence electrons. The number of hydrogen-bond donors (Lipinski definition) is 1. The van der Waals surface area contributed by atoms with E-state index in [9.17, 15) is 4.79 Å². The molecular formula is C18H13ClN2O3S. The highest BCUT2D eigenvalue weighted by Crippen LogP contribution is 2.33. The summed E-state index contributed by atoms with van der Waals surface area (Å²) < 4.78 is 11.6. The molecule has 0 saturated heterocycles. The molecule has 1 aromatic heterocycles. The monoisotopic (exact) mass is 372 g/mol. The molecular weight excluding hydrogens is 360 g/mol. The molecule has 0 saturated carbocycles. The van der Waals surface area contributed by atoms with E-state index in [1.807, 2.05) is 37.3 Å². The number of benzene rings is 2. The summed E-state index contributed by atoms with van der Waals surface area (Å²) >= 11 is 7.52. The zero-order valence-corrected chi connectivity index (χ0v) is 14.8. The number of fused-ring (bicyclic) bond motifs is 2. The van der Waals surface area contributed by atoms with Gasteiger partial charge in [0.15, 0.2) is 16.6 Å². The summed E-state index contributed by atoms with van der Waals surface area (Å²) in [6.07, 6.45) is 3.18. The molecule has 0 aliphatic carbocycles. The Bertz CT molecular complexity index is 1010. The second-order valence-corrected chi connectivity index (χ2v) is 6.91. The van der Waals surface area contributed by atoms with Gasteiger partial charge in [0.1, 0.15) is 0 Å². The molecule has 1 N–H and O–H groups in total. The van der Waals surface area contributed by atoms with E-state index in [0.29, 0.717) is 21.7 Å². The molecule has 0 atom stereocenters. The van der Waals surface area contributed by atoms with Crippen molar-refractivity contribution in [2.24, 2.45) is 0 Å². The summed E-state index contributed by atoms with van der Waals surface area (Å²) in [5.41, 5.74) is 2.57. The summed E-state index contributed by atoms with van der Waals surface area (Å²) in [6, 6.07) is 9.25. The van der Waals surface area contributed by atoms with Crippen LogP contribution in [-0.2, 0) is 4.79 Å². The third-order valence-corrected chi connectivity index (χ3v) is 5.15. The lowest BCUT2D eigenvalue weighted by atomic mass is 10.2. The lowest BCUT2D eigenvalue weighted by Gasteiger charge is -1.98. The van der Waals surface area contributed by atoms with Crippen LogP contribution in [0.4, 0.5) is 5.13 Å². The van der Waals surface area contributed by atoms with E-state index in [1.54, 1.807) is 6.08 Å². The first-order valence-electron chi connectivity index (χ1n) is 7.54. The van der Waals surface area contributed by atoms with E-state index in [1.165, 1.54) is 17.4 Å². The lowest BCUT2D eigenvalue weighted by molar-refractivity contribution is -0.111. The van der Waals surface area contributed by atoms with E-state index in [-0.39, 0.29) is 12.7 Å². The fraction of sp³-hybridized carbons (Fsp3) is 0.111. The van der Waals surface area contributed by atoms with Crippen LogP contribution < -0.4 is 14.8 Å². The number of nitrogens with zero attached hydrogens (tertiary/aromatic N) is 1. The van der Waals surface area contributed by atoms with Gasteiger partial charge in [-0.3, -0.25) is 10.1 Å². The first-order valence-corrected chi connectivity index (χ1v) is 8.74. The average molecular weight is 373 g/mol. The van der Waals surface area contributed by atoms with Gasteiger partial charge in [-0.1, -0.05) is 29.0 Å². The molecule has 0 fully saturated rings. The Labute approximate surface area is 152 Å². The van der Waals surface area contributed by atoms with Crippen molar-refractivity contribution in [1.29, 1.82) is 0 Å². The van der Waals surface area contributed by atoms with Crippen molar-refractivity contribution >= 4 is 50.3 Å². The summed E-state index contributed by atoms with van der Waals surface area (Å²) in [7, 11) is 0. The molecule has 2 aromatic carbocycles. The highest BCUT2D eigenvalue weighted by Gasteiger charge is 2.13. The van der Waals surface area contributed by atoms with Crippen molar-refractivity contribution in [3.63, 3.8) is 0 Å². The van der Waals surface area contributed by atoms with Crippen molar-refractivity contribution < 1.29 is 14.3 Å². The molecule has 7 heteroatoms. The summed E-state index contributed by atoms with van der Waals surface area (Å²) in [4.78, 5) is 16.6. The molecule has 0 radical (unpaired) electrons. The number of aromatic nitrogens is 1. The predicted molar refractivity (Wildman–Crippen MR) is 99.6 cm³/mol. The number of thiazole rings is 1. The molecule has 5 nitrogen and oxygen atoms in total. The smallest absolute Gasteiger partial charge is 0.250 e. The highest BCUT2D eigenvalue weighted by atomic mass is 35.5. The summed E-state index contributed by atoms with van der Waals surface area (Å²) in [5.74, 6) is 1.15. The number of rotatable bonds is 3. The van der Waals surface area contributed by atoms with Gasteiger partial charge in [0.2, 0.25) is 12.7 Å². The third-order valence-electron chi connectivity index (χ3n) is 3.80. The van der Waals surface area contributed by atoms with Gasteiger partial charge in [-0.25, -0.2) is 4.98 Å². The normalized spacial score (nSPS) is 12.9. The number of anilines is 1. The third kappa shape index (κ3) is 3.18. The number of carbonyl (C=O) groups is 1. The zero-order chi connectivity index (χ0) is 17.4. The van der Waals surface area contributed by atoms with Gasteiger partial charge in [0.05, 0.1) is 10.2 Å². The SMILES string of the molecule is Cc1c(Cl)ccc2sc(NC(=O)/C=C/c3ccc4c(c3)OCO4)nc12. The topological polar surface area (TPSA) is 60.5 Å². The van der Waals surface area contributed by atoms with Crippen LogP contribution in [0.2, 0.25) is 5.02 Å². The van der Waals surface area contributed by atoms with Crippen LogP contribution in [0.3, 0.4) is 0 Å². The minimum Gasteiger partial charge on any atom is -0.454 e. The van der Waals surface area contributed by atoms with Gasteiger partial charge in [-0.05, 0) is 48.4 Å². The second kappa shape index (κ2) is 6.38. The number of ether oxygens (including phenoxy) is 2. The van der Waals surface area contributed by atoms with Crippen LogP contribution in [-0.4, -0.2) is 17.7 Å². The van der Waals surface area contributed by atoms with Gasteiger partial charge >= 0.3 is 0 Å². The number of carbonyl (C=O) groups excluding carboxylic acids is 1. The van der Waals surface area contributed by atoms with Crippen LogP contribution in [0.25, 0.3) is 16.3 Å². The van der Waals surface area contributed by atoms with Crippen LogP contribution >= 0.6 is 22.9 Å². The van der Waals surface area contributed by atoms with Gasteiger partial charge < -0.3 is 9.47 Å². The minimum atomic E-state index is -0.250. The Morgan fingerprint density at radius 3 is 3.00 bits per heavy atom. The van der Waals surface area contributed by atoms with Gasteiger partial charge in [-0.2, -0.15) is 0 Å². The van der Waals surface area contributed by atoms with E-state index < -0.39 is 0 Å². The highest BCUT2D eigenvalue weighted by molar-refractivity contribution is 7.22. The molecule has 25 heavy (non-hydrogen) atoms. The van der Waals surface area contributed by atoms with Crippen molar-refractivity contribution in [1.82, 2.24) is 4.98 Å². The first kappa shape index (κ1) is 15.9. The Morgan fingerprint density at radius 2 is 2.12 bits per heavy atom. The van der Waals surface area contributed by atoms with Crippen LogP contribution in [0.5, 0.6) is 11.5 Å². The van der Waals surface area contributed by atoms with Crippen molar-refractivity contribution in [3.8, 4) is 11.5 Å². The van der Waals surface area contributed by atoms with Crippen molar-refractivity contribution in [3.05, 3.63) is 52.6 Å². The van der Waals surface area contributed by atoms with Crippen molar-refractivity contribution in [2.75, 3.05) is 12.1 Å². The van der Waals surface area contributed by atoms with Gasteiger partial charge in [0.25, 0.3) is 0 Å². The Morgan fingerprint density at radius 1 is 1.28 bits per heavy atom. The van der Waals surface area contributed by atoms with Crippen LogP contribution in [0.1, 0.15) is 11.1 Å². The maximum absolute atomic E-state index is 12.1. The largest absolute Gasteiger partial charge is 0.454 e. The Hall–Kier alpha value is -2.57. The second-order valence-electron chi connectivity index (χ2n) is 5.47. The maximum Gasteiger partial charge on any atom is 0.250 e. The van der Waals surface area contributed by atoms with E-state index >= 15 is 0 Å². The maximum atomic E-state index is 12.1. The fourth-order valence-corrected chi connectivity index (χ4v) is 3.57. The van der Waals surface area contributed by atoms with E-state index in [4.69, 9.17) is 21.1 Å². The summed E-state index contributed by atoms with van der Waals surface area (Å²) in [5, 5.41) is 3.99. The molecule has 1 aliphatic heterocycles. The number of amides is 1. The first-order chi connectivity index (χ1) is 12.1. The minimum absolute atomic E-state index is 0.226. The molecule has 0 bridgehead atoms. The number of nitrogens with one attached hydrogen (secondary N) is 1. The van der Waals surface area contributed by atoms with Crippen LogP contribution in [0, 0.1) is 6.92 Å². The molecule has 1 aliphatic rings. The Balaban J connectivity index is 1.49. The number of aryl methyl sites for hydroxylation is 1. The molecule has 0 unspecified atom stereocenters. The standard InChI is InChI=1S/C18H13ClN2O3S/c1-10-12(19)4-6-15-17(10)21-18(25-15)20-16(22)7-3-11-2-5-13-14(8-11)24-9-23-13/h2-8H,9H2,1H3,(H,20,21,22)/b7-3+. The van der Waals surface area contributed by atoms with Gasteiger partial charge in [-0.15, -0.1) is 0 Å². The lowest BCUT2D eigenvalue weighted by Crippen LogP contribution is -2.07. The van der Waals surface area contributed by atoms with Crippen molar-refractivity contribution in [2.45, 2.75) is 6.92 Å². The molecule has 0 spiro atoms. The van der Waals surface area contributed by atoms with E-state index in [0.717, 1.165) is 21.3 Å². The molecule has 1 amide bonds. The predicted octanol–water partition coefficient (Wildman–Crippen LogP) is 4.64. The van der Waals surface area contributed by atoms with Crippen LogP contribution in [0.15, 0.2) is 36.4 Å². The Kier molecular flexibility index (Phi) is 4.07. The van der Waals surface area contributed by atoms with E-state index in [2.05, 4.69) is 10.3 Å². The van der Waals surface area contributed by atoms with Gasteiger partial charge in [0, 0.05) is 11.1 Å². The molecule has 2 heterocycles. The fourth-order valence-electron chi connectivity index (χ4n) is 2.49.